The fourth-order valence-electron chi connectivity index (χ4n) is 13.8. The standard InChI is InChI=1S/C75H78BN3Si/c1-49-27-31-58(74(5,6)7)43-68(49)79-67-38-36-62(80(10,11)12)46-65(67)76-64-40-53-25-19-20-26-54(53)41-69(64)78(66-37-32-57(73(2,3)4)42-63(66)52-23-17-14-18-24-52)70-44-61(45-71(79)72(70)76)77(60-35-30-55-47-75(8,9)48-56(55)39-60)59-33-28-51(29-34-59)50-21-15-13-16-22-50/h13-18,21-24,27-46H,19-20,25-26,47-48H2,1-12H3. The van der Waals surface area contributed by atoms with Crippen LogP contribution in [0.5, 0.6) is 0 Å². The van der Waals surface area contributed by atoms with Gasteiger partial charge < -0.3 is 14.7 Å². The van der Waals surface area contributed by atoms with E-state index in [1.807, 2.05) is 0 Å². The van der Waals surface area contributed by atoms with Gasteiger partial charge in [0.15, 0.2) is 0 Å². The highest BCUT2D eigenvalue weighted by atomic mass is 28.3. The van der Waals surface area contributed by atoms with Crippen LogP contribution in [-0.2, 0) is 36.5 Å². The average Bonchev–Trinajstić information content (AvgIpc) is 3.86. The van der Waals surface area contributed by atoms with Crippen molar-refractivity contribution < 1.29 is 0 Å². The van der Waals surface area contributed by atoms with Crippen LogP contribution in [0.25, 0.3) is 22.3 Å². The molecule has 0 saturated heterocycles. The van der Waals surface area contributed by atoms with Crippen molar-refractivity contribution in [2.45, 2.75) is 131 Å². The topological polar surface area (TPSA) is 9.72 Å². The van der Waals surface area contributed by atoms with Crippen molar-refractivity contribution in [2.24, 2.45) is 5.41 Å². The first kappa shape index (κ1) is 52.1. The summed E-state index contributed by atoms with van der Waals surface area (Å²) < 4.78 is 0. The van der Waals surface area contributed by atoms with Gasteiger partial charge in [-0.2, -0.15) is 0 Å². The summed E-state index contributed by atoms with van der Waals surface area (Å²) in [5.41, 5.74) is 30.0. The lowest BCUT2D eigenvalue weighted by Crippen LogP contribution is -2.62. The second-order valence-electron chi connectivity index (χ2n) is 27.7. The Balaban J connectivity index is 1.18. The molecule has 400 valence electrons. The Morgan fingerprint density at radius 1 is 0.450 bits per heavy atom. The Kier molecular flexibility index (Phi) is 12.5. The van der Waals surface area contributed by atoms with E-state index >= 15 is 0 Å². The molecule has 0 unspecified atom stereocenters. The minimum Gasteiger partial charge on any atom is -0.311 e. The van der Waals surface area contributed by atoms with Crippen LogP contribution in [0.3, 0.4) is 0 Å². The number of hydrogen-bond donors (Lipinski definition) is 0. The van der Waals surface area contributed by atoms with Gasteiger partial charge in [-0.25, -0.2) is 0 Å². The van der Waals surface area contributed by atoms with Crippen molar-refractivity contribution >= 4 is 87.5 Å². The van der Waals surface area contributed by atoms with Crippen LogP contribution in [-0.4, -0.2) is 14.8 Å². The van der Waals surface area contributed by atoms with Crippen LogP contribution in [0.1, 0.15) is 107 Å². The van der Waals surface area contributed by atoms with Crippen molar-refractivity contribution in [2.75, 3.05) is 14.7 Å². The maximum Gasteiger partial charge on any atom is 0.252 e. The molecule has 4 aliphatic rings. The van der Waals surface area contributed by atoms with Gasteiger partial charge in [0.05, 0.1) is 19.4 Å². The lowest BCUT2D eigenvalue weighted by atomic mass is 9.33. The van der Waals surface area contributed by atoms with Gasteiger partial charge in [-0.3, -0.25) is 0 Å². The number of benzene rings is 9. The third kappa shape index (κ3) is 9.14. The zero-order valence-electron chi connectivity index (χ0n) is 49.5. The molecule has 5 heteroatoms. The summed E-state index contributed by atoms with van der Waals surface area (Å²) in [5, 5.41) is 1.49. The molecule has 0 saturated carbocycles. The molecule has 0 spiro atoms. The summed E-state index contributed by atoms with van der Waals surface area (Å²) in [6.45, 7) is 28.8. The van der Waals surface area contributed by atoms with Gasteiger partial charge in [0, 0.05) is 45.4 Å². The monoisotopic (exact) mass is 1060 g/mol. The zero-order chi connectivity index (χ0) is 55.6. The first-order valence-corrected chi connectivity index (χ1v) is 33.2. The number of nitrogens with zero attached hydrogens (tertiary/aromatic N) is 3. The summed E-state index contributed by atoms with van der Waals surface area (Å²) in [7, 11) is -1.79. The lowest BCUT2D eigenvalue weighted by Gasteiger charge is -2.46. The Labute approximate surface area is 479 Å². The van der Waals surface area contributed by atoms with Crippen molar-refractivity contribution in [1.29, 1.82) is 0 Å². The van der Waals surface area contributed by atoms with Gasteiger partial charge in [-0.1, -0.05) is 195 Å². The molecule has 0 radical (unpaired) electrons. The highest BCUT2D eigenvalue weighted by Crippen LogP contribution is 2.52. The Hall–Kier alpha value is -7.34. The fraction of sp³-hybridized carbons (Fsp3) is 0.280. The lowest BCUT2D eigenvalue weighted by molar-refractivity contribution is 0.392. The quantitative estimate of drug-likeness (QED) is 0.140. The largest absolute Gasteiger partial charge is 0.311 e. The van der Waals surface area contributed by atoms with Gasteiger partial charge in [0.2, 0.25) is 0 Å². The SMILES string of the molecule is Cc1ccc(C(C)(C)C)cc1N1c2ccc([Si](C)(C)C)cc2B2c3cc4c(cc3N(c3ccc(C(C)(C)C)cc3-c3ccccc3)c3cc(N(c5ccc(-c6ccccc6)cc5)c5ccc6c(c5)CC(C)(C)C6)cc1c32)CCCC4. The van der Waals surface area contributed by atoms with E-state index in [1.54, 1.807) is 0 Å². The summed E-state index contributed by atoms with van der Waals surface area (Å²) >= 11 is 0. The average molecular weight is 1060 g/mol. The maximum atomic E-state index is 2.73. The molecule has 3 nitrogen and oxygen atoms in total. The number of aryl methyl sites for hydroxylation is 3. The Morgan fingerprint density at radius 2 is 1.01 bits per heavy atom. The van der Waals surface area contributed by atoms with Crippen LogP contribution in [0.2, 0.25) is 19.6 Å². The maximum absolute atomic E-state index is 2.73. The molecule has 2 heterocycles. The molecule has 2 aliphatic heterocycles. The first-order chi connectivity index (χ1) is 38.2. The fourth-order valence-corrected chi connectivity index (χ4v) is 14.9. The summed E-state index contributed by atoms with van der Waals surface area (Å²) in [6.07, 6.45) is 6.82. The molecule has 0 N–H and O–H groups in total. The number of anilines is 9. The molecule has 0 fully saturated rings. The summed E-state index contributed by atoms with van der Waals surface area (Å²) in [5.74, 6) is 0. The van der Waals surface area contributed by atoms with Crippen LogP contribution >= 0.6 is 0 Å². The van der Waals surface area contributed by atoms with Gasteiger partial charge >= 0.3 is 0 Å². The minimum absolute atomic E-state index is 0.00367. The highest BCUT2D eigenvalue weighted by Gasteiger charge is 2.46. The van der Waals surface area contributed by atoms with Crippen LogP contribution in [0, 0.1) is 12.3 Å². The van der Waals surface area contributed by atoms with Crippen LogP contribution in [0.15, 0.2) is 182 Å². The van der Waals surface area contributed by atoms with E-state index in [1.165, 1.54) is 135 Å². The van der Waals surface area contributed by atoms with Crippen molar-refractivity contribution in [3.8, 4) is 22.3 Å². The molecule has 9 aromatic carbocycles. The van der Waals surface area contributed by atoms with E-state index < -0.39 is 8.07 Å². The smallest absolute Gasteiger partial charge is 0.252 e. The van der Waals surface area contributed by atoms with Crippen LogP contribution < -0.4 is 36.3 Å². The second kappa shape index (κ2) is 19.2. The van der Waals surface area contributed by atoms with E-state index in [9.17, 15) is 0 Å². The zero-order valence-corrected chi connectivity index (χ0v) is 50.5. The van der Waals surface area contributed by atoms with E-state index in [4.69, 9.17) is 0 Å². The van der Waals surface area contributed by atoms with Crippen molar-refractivity contribution in [1.82, 2.24) is 0 Å². The summed E-state index contributed by atoms with van der Waals surface area (Å²) in [6, 6.07) is 71.5. The summed E-state index contributed by atoms with van der Waals surface area (Å²) in [4.78, 5) is 7.99. The molecule has 0 amide bonds. The van der Waals surface area contributed by atoms with Crippen molar-refractivity contribution in [3.63, 3.8) is 0 Å². The van der Waals surface area contributed by atoms with Gasteiger partial charge in [-0.15, -0.1) is 0 Å². The van der Waals surface area contributed by atoms with Gasteiger partial charge in [0.1, 0.15) is 0 Å². The second-order valence-corrected chi connectivity index (χ2v) is 32.8. The van der Waals surface area contributed by atoms with Gasteiger partial charge in [0.25, 0.3) is 6.71 Å². The van der Waals surface area contributed by atoms with E-state index in [2.05, 4.69) is 279 Å². The van der Waals surface area contributed by atoms with E-state index in [-0.39, 0.29) is 23.0 Å². The molecule has 80 heavy (non-hydrogen) atoms. The molecule has 0 aromatic heterocycles. The first-order valence-electron chi connectivity index (χ1n) is 29.7. The normalized spacial score (nSPS) is 15.2. The third-order valence-corrected chi connectivity index (χ3v) is 20.2. The Morgan fingerprint density at radius 3 is 1.68 bits per heavy atom. The number of rotatable bonds is 8. The molecule has 2 aliphatic carbocycles. The van der Waals surface area contributed by atoms with E-state index in [0.717, 1.165) is 37.1 Å². The molecule has 0 atom stereocenters. The predicted octanol–water partition coefficient (Wildman–Crippen LogP) is 18.0. The highest BCUT2D eigenvalue weighted by molar-refractivity contribution is 7.01. The van der Waals surface area contributed by atoms with Crippen LogP contribution in [0.4, 0.5) is 51.2 Å². The third-order valence-electron chi connectivity index (χ3n) is 18.2. The molecular formula is C75H78BN3Si. The molecule has 9 aromatic rings. The van der Waals surface area contributed by atoms with Gasteiger partial charge in [-0.05, 0) is 200 Å². The number of fused-ring (bicyclic) bond motifs is 6. The molecular weight excluding hydrogens is 982 g/mol. The minimum atomic E-state index is -1.79. The van der Waals surface area contributed by atoms with Crippen molar-refractivity contribution in [3.05, 3.63) is 221 Å². The Bertz CT molecular complexity index is 3890. The molecule has 0 bridgehead atoms. The molecule has 13 rings (SSSR count). The number of hydrogen-bond acceptors (Lipinski definition) is 3. The van der Waals surface area contributed by atoms with E-state index in [0.29, 0.717) is 0 Å². The predicted molar refractivity (Wildman–Crippen MR) is 349 cm³/mol.